The number of benzene rings is 2. The Balaban J connectivity index is 1.85. The fraction of sp³-hybridized carbons (Fsp3) is 0.385. The lowest BCUT2D eigenvalue weighted by Crippen LogP contribution is -2.32. The molecule has 2 unspecified atom stereocenters. The Labute approximate surface area is 195 Å². The standard InChI is InChI=1S/C26H33N3O4/c1-6-18(2)27-26(30)23-17-33-25(28-23)16-29(19(3)20-10-8-7-9-11-20)15-21-12-13-22(31-4)14-24(21)32-5/h7-14,17-19H,6,15-16H2,1-5H3,(H,27,30). The monoisotopic (exact) mass is 451 g/mol. The molecule has 0 radical (unpaired) electrons. The highest BCUT2D eigenvalue weighted by atomic mass is 16.5. The number of rotatable bonds is 11. The second kappa shape index (κ2) is 11.5. The van der Waals surface area contributed by atoms with Crippen LogP contribution in [0.5, 0.6) is 11.5 Å². The minimum absolute atomic E-state index is 0.0716. The van der Waals surface area contributed by atoms with Gasteiger partial charge in [0.15, 0.2) is 5.69 Å². The summed E-state index contributed by atoms with van der Waals surface area (Å²) in [5, 5.41) is 2.92. The predicted molar refractivity (Wildman–Crippen MR) is 127 cm³/mol. The molecular formula is C26H33N3O4. The predicted octanol–water partition coefficient (Wildman–Crippen LogP) is 4.98. The maximum Gasteiger partial charge on any atom is 0.273 e. The van der Waals surface area contributed by atoms with Crippen molar-refractivity contribution in [1.29, 1.82) is 0 Å². The molecule has 176 valence electrons. The molecule has 3 aromatic rings. The maximum absolute atomic E-state index is 12.4. The average molecular weight is 452 g/mol. The van der Waals surface area contributed by atoms with Crippen LogP contribution in [0.25, 0.3) is 0 Å². The summed E-state index contributed by atoms with van der Waals surface area (Å²) >= 11 is 0. The van der Waals surface area contributed by atoms with Crippen molar-refractivity contribution in [1.82, 2.24) is 15.2 Å². The van der Waals surface area contributed by atoms with Crippen molar-refractivity contribution in [3.63, 3.8) is 0 Å². The molecule has 0 saturated heterocycles. The molecule has 1 N–H and O–H groups in total. The van der Waals surface area contributed by atoms with Gasteiger partial charge in [-0.1, -0.05) is 43.3 Å². The Hall–Kier alpha value is -3.32. The second-order valence-corrected chi connectivity index (χ2v) is 8.08. The number of amides is 1. The number of methoxy groups -OCH3 is 2. The van der Waals surface area contributed by atoms with E-state index in [1.54, 1.807) is 14.2 Å². The molecule has 0 aliphatic rings. The molecule has 33 heavy (non-hydrogen) atoms. The lowest BCUT2D eigenvalue weighted by atomic mass is 10.1. The topological polar surface area (TPSA) is 76.8 Å². The second-order valence-electron chi connectivity index (χ2n) is 8.08. The van der Waals surface area contributed by atoms with Crippen molar-refractivity contribution in [3.05, 3.63) is 77.5 Å². The van der Waals surface area contributed by atoms with Crippen molar-refractivity contribution < 1.29 is 18.7 Å². The van der Waals surface area contributed by atoms with Gasteiger partial charge in [-0.3, -0.25) is 9.69 Å². The number of hydrogen-bond donors (Lipinski definition) is 1. The lowest BCUT2D eigenvalue weighted by molar-refractivity contribution is 0.0934. The Kier molecular flexibility index (Phi) is 8.49. The Morgan fingerprint density at radius 2 is 1.85 bits per heavy atom. The number of carbonyl (C=O) groups excluding carboxylic acids is 1. The quantitative estimate of drug-likeness (QED) is 0.443. The molecule has 1 amide bonds. The van der Waals surface area contributed by atoms with Crippen molar-refractivity contribution in [2.24, 2.45) is 0 Å². The molecule has 1 heterocycles. The maximum atomic E-state index is 12.4. The Morgan fingerprint density at radius 3 is 2.52 bits per heavy atom. The van der Waals surface area contributed by atoms with Crippen LogP contribution in [-0.2, 0) is 13.1 Å². The van der Waals surface area contributed by atoms with Gasteiger partial charge in [0.2, 0.25) is 5.89 Å². The molecule has 0 fully saturated rings. The van der Waals surface area contributed by atoms with Crippen molar-refractivity contribution in [2.45, 2.75) is 52.4 Å². The van der Waals surface area contributed by atoms with Gasteiger partial charge in [-0.05, 0) is 31.9 Å². The van der Waals surface area contributed by atoms with Crippen LogP contribution in [0.3, 0.4) is 0 Å². The molecule has 2 aromatic carbocycles. The van der Waals surface area contributed by atoms with Crippen molar-refractivity contribution in [2.75, 3.05) is 14.2 Å². The van der Waals surface area contributed by atoms with E-state index in [0.717, 1.165) is 23.5 Å². The SMILES string of the molecule is CCC(C)NC(=O)c1coc(CN(Cc2ccc(OC)cc2OC)C(C)c2ccccc2)n1. The molecule has 7 heteroatoms. The van der Waals surface area contributed by atoms with Crippen LogP contribution in [0.2, 0.25) is 0 Å². The fourth-order valence-corrected chi connectivity index (χ4v) is 3.53. The van der Waals surface area contributed by atoms with Gasteiger partial charge in [0.25, 0.3) is 5.91 Å². The van der Waals surface area contributed by atoms with E-state index in [2.05, 4.69) is 34.3 Å². The number of ether oxygens (including phenoxy) is 2. The number of aromatic nitrogens is 1. The fourth-order valence-electron chi connectivity index (χ4n) is 3.53. The summed E-state index contributed by atoms with van der Waals surface area (Å²) in [5.74, 6) is 1.75. The summed E-state index contributed by atoms with van der Waals surface area (Å²) in [6.07, 6.45) is 2.27. The van der Waals surface area contributed by atoms with Gasteiger partial charge >= 0.3 is 0 Å². The number of hydrogen-bond acceptors (Lipinski definition) is 6. The minimum Gasteiger partial charge on any atom is -0.497 e. The average Bonchev–Trinajstić information content (AvgIpc) is 3.32. The van der Waals surface area contributed by atoms with Crippen LogP contribution >= 0.6 is 0 Å². The molecule has 0 saturated carbocycles. The highest BCUT2D eigenvalue weighted by Crippen LogP contribution is 2.30. The summed E-state index contributed by atoms with van der Waals surface area (Å²) in [5.41, 5.74) is 2.48. The van der Waals surface area contributed by atoms with Gasteiger partial charge < -0.3 is 19.2 Å². The zero-order valence-corrected chi connectivity index (χ0v) is 20.0. The summed E-state index contributed by atoms with van der Waals surface area (Å²) in [4.78, 5) is 19.1. The molecule has 7 nitrogen and oxygen atoms in total. The van der Waals surface area contributed by atoms with E-state index >= 15 is 0 Å². The third-order valence-corrected chi connectivity index (χ3v) is 5.81. The van der Waals surface area contributed by atoms with Gasteiger partial charge in [-0.15, -0.1) is 0 Å². The summed E-state index contributed by atoms with van der Waals surface area (Å²) in [6.45, 7) is 7.16. The first-order chi connectivity index (χ1) is 15.9. The van der Waals surface area contributed by atoms with Crippen molar-refractivity contribution >= 4 is 5.91 Å². The van der Waals surface area contributed by atoms with Crippen LogP contribution in [0, 0.1) is 0 Å². The van der Waals surface area contributed by atoms with Crippen LogP contribution in [0.15, 0.2) is 59.2 Å². The summed E-state index contributed by atoms with van der Waals surface area (Å²) < 4.78 is 16.6. The van der Waals surface area contributed by atoms with Crippen LogP contribution in [0.4, 0.5) is 0 Å². The normalized spacial score (nSPS) is 12.9. The van der Waals surface area contributed by atoms with E-state index in [4.69, 9.17) is 13.9 Å². The van der Waals surface area contributed by atoms with E-state index in [9.17, 15) is 4.79 Å². The minimum atomic E-state index is -0.223. The van der Waals surface area contributed by atoms with Gasteiger partial charge in [-0.25, -0.2) is 4.98 Å². The number of carbonyl (C=O) groups is 1. The number of oxazole rings is 1. The van der Waals surface area contributed by atoms with Gasteiger partial charge in [0.05, 0.1) is 20.8 Å². The zero-order chi connectivity index (χ0) is 23.8. The molecule has 2 atom stereocenters. The number of nitrogens with one attached hydrogen (secondary N) is 1. The Morgan fingerprint density at radius 1 is 1.09 bits per heavy atom. The molecular weight excluding hydrogens is 418 g/mol. The third kappa shape index (κ3) is 6.35. The van der Waals surface area contributed by atoms with E-state index in [0.29, 0.717) is 24.7 Å². The summed E-state index contributed by atoms with van der Waals surface area (Å²) in [6, 6.07) is 16.2. The largest absolute Gasteiger partial charge is 0.497 e. The van der Waals surface area contributed by atoms with Crippen molar-refractivity contribution in [3.8, 4) is 11.5 Å². The molecule has 0 spiro atoms. The van der Waals surface area contributed by atoms with E-state index < -0.39 is 0 Å². The zero-order valence-electron chi connectivity index (χ0n) is 20.0. The molecule has 0 aliphatic carbocycles. The third-order valence-electron chi connectivity index (χ3n) is 5.81. The number of nitrogens with zero attached hydrogens (tertiary/aromatic N) is 2. The van der Waals surface area contributed by atoms with Gasteiger partial charge in [-0.2, -0.15) is 0 Å². The first-order valence-electron chi connectivity index (χ1n) is 11.2. The van der Waals surface area contributed by atoms with Crippen LogP contribution in [0.1, 0.15) is 60.7 Å². The smallest absolute Gasteiger partial charge is 0.273 e. The molecule has 1 aromatic heterocycles. The van der Waals surface area contributed by atoms with Crippen LogP contribution in [-0.4, -0.2) is 36.1 Å². The van der Waals surface area contributed by atoms with Crippen LogP contribution < -0.4 is 14.8 Å². The van der Waals surface area contributed by atoms with Gasteiger partial charge in [0, 0.05) is 30.3 Å². The highest BCUT2D eigenvalue weighted by Gasteiger charge is 2.22. The van der Waals surface area contributed by atoms with Gasteiger partial charge in [0.1, 0.15) is 17.8 Å². The van der Waals surface area contributed by atoms with E-state index in [1.807, 2.05) is 50.2 Å². The molecule has 0 aliphatic heterocycles. The Bertz CT molecular complexity index is 1040. The lowest BCUT2D eigenvalue weighted by Gasteiger charge is -2.29. The summed E-state index contributed by atoms with van der Waals surface area (Å²) in [7, 11) is 3.29. The first kappa shape index (κ1) is 24.3. The highest BCUT2D eigenvalue weighted by molar-refractivity contribution is 5.92. The van der Waals surface area contributed by atoms with E-state index in [1.165, 1.54) is 11.8 Å². The molecule has 3 rings (SSSR count). The first-order valence-corrected chi connectivity index (χ1v) is 11.2. The van der Waals surface area contributed by atoms with E-state index in [-0.39, 0.29) is 18.0 Å². The molecule has 0 bridgehead atoms.